The van der Waals surface area contributed by atoms with E-state index in [0.29, 0.717) is 5.56 Å². The largest absolute Gasteiger partial charge is 0.494 e. The molecule has 3 rings (SSSR count). The van der Waals surface area contributed by atoms with Crippen molar-refractivity contribution in [2.45, 2.75) is 45.4 Å². The number of rotatable bonds is 11. The van der Waals surface area contributed by atoms with Gasteiger partial charge >= 0.3 is 24.0 Å². The molecule has 0 bridgehead atoms. The van der Waals surface area contributed by atoms with Crippen LogP contribution in [0.5, 0.6) is 11.5 Å². The third kappa shape index (κ3) is 9.21. The van der Waals surface area contributed by atoms with Gasteiger partial charge in [0.2, 0.25) is 0 Å². The molecule has 0 aliphatic rings. The zero-order valence-corrected chi connectivity index (χ0v) is 21.8. The van der Waals surface area contributed by atoms with Gasteiger partial charge < -0.3 is 14.2 Å². The Morgan fingerprint density at radius 1 is 0.825 bits per heavy atom. The second-order valence-corrected chi connectivity index (χ2v) is 9.07. The van der Waals surface area contributed by atoms with Gasteiger partial charge in [-0.2, -0.15) is 22.0 Å². The molecule has 0 atom stereocenters. The molecule has 0 aliphatic heterocycles. The summed E-state index contributed by atoms with van der Waals surface area (Å²) in [5, 5.41) is 0. The summed E-state index contributed by atoms with van der Waals surface area (Å²) in [5.41, 5.74) is 3.92. The van der Waals surface area contributed by atoms with Gasteiger partial charge in [-0.3, -0.25) is 0 Å². The molecule has 40 heavy (non-hydrogen) atoms. The summed E-state index contributed by atoms with van der Waals surface area (Å²) >= 11 is 0. The summed E-state index contributed by atoms with van der Waals surface area (Å²) in [6.45, 7) is 3.75. The Bertz CT molecular complexity index is 1310. The molecular formula is C30H27F5O5. The Morgan fingerprint density at radius 2 is 1.43 bits per heavy atom. The lowest BCUT2D eigenvalue weighted by Gasteiger charge is -2.19. The van der Waals surface area contributed by atoms with E-state index in [0.717, 1.165) is 16.7 Å². The van der Waals surface area contributed by atoms with Crippen LogP contribution >= 0.6 is 0 Å². The molecule has 212 valence electrons. The summed E-state index contributed by atoms with van der Waals surface area (Å²) in [4.78, 5) is 24.4. The van der Waals surface area contributed by atoms with Gasteiger partial charge in [0.15, 0.2) is 0 Å². The molecule has 5 nitrogen and oxygen atoms in total. The Hall–Kier alpha value is -4.21. The molecule has 0 N–H and O–H groups in total. The third-order valence-corrected chi connectivity index (χ3v) is 5.57. The molecule has 0 heterocycles. The Morgan fingerprint density at radius 3 is 2.02 bits per heavy atom. The molecule has 0 saturated carbocycles. The highest BCUT2D eigenvalue weighted by Gasteiger charge is 2.56. The highest BCUT2D eigenvalue weighted by atomic mass is 19.4. The summed E-state index contributed by atoms with van der Waals surface area (Å²) in [5.74, 6) is -5.48. The Kier molecular flexibility index (Phi) is 10.0. The number of hydrogen-bond acceptors (Lipinski definition) is 5. The van der Waals surface area contributed by atoms with Gasteiger partial charge in [-0.05, 0) is 73.9 Å². The lowest BCUT2D eigenvalue weighted by molar-refractivity contribution is -0.284. The zero-order chi connectivity index (χ0) is 29.3. The van der Waals surface area contributed by atoms with Gasteiger partial charge in [-0.15, -0.1) is 0 Å². The van der Waals surface area contributed by atoms with E-state index in [1.54, 1.807) is 30.3 Å². The van der Waals surface area contributed by atoms with E-state index in [1.165, 1.54) is 30.3 Å². The van der Waals surface area contributed by atoms with Crippen LogP contribution in [-0.2, 0) is 16.1 Å². The van der Waals surface area contributed by atoms with Crippen LogP contribution in [0.3, 0.4) is 0 Å². The average Bonchev–Trinajstić information content (AvgIpc) is 2.88. The highest BCUT2D eigenvalue weighted by Crippen LogP contribution is 2.38. The minimum atomic E-state index is -5.60. The van der Waals surface area contributed by atoms with E-state index in [2.05, 4.69) is 0 Å². The summed E-state index contributed by atoms with van der Waals surface area (Å²) < 4.78 is 78.1. The number of halogens is 5. The van der Waals surface area contributed by atoms with E-state index in [4.69, 9.17) is 14.2 Å². The van der Waals surface area contributed by atoms with Crippen molar-refractivity contribution in [3.8, 4) is 11.5 Å². The van der Waals surface area contributed by atoms with Gasteiger partial charge in [-0.1, -0.05) is 41.5 Å². The first-order chi connectivity index (χ1) is 18.8. The minimum Gasteiger partial charge on any atom is -0.494 e. The van der Waals surface area contributed by atoms with Crippen LogP contribution < -0.4 is 9.47 Å². The summed E-state index contributed by atoms with van der Waals surface area (Å²) in [6, 6.07) is 17.8. The van der Waals surface area contributed by atoms with Crippen molar-refractivity contribution >= 4 is 18.0 Å². The fourth-order valence-corrected chi connectivity index (χ4v) is 3.65. The number of carbonyl (C=O) groups is 2. The molecule has 0 aliphatic carbocycles. The maximum atomic E-state index is 12.9. The smallest absolute Gasteiger partial charge is 0.453 e. The fraction of sp³-hybridized carbons (Fsp3) is 0.267. The molecule has 0 saturated heterocycles. The second-order valence-electron chi connectivity index (χ2n) is 9.07. The van der Waals surface area contributed by atoms with Gasteiger partial charge in [0, 0.05) is 12.5 Å². The fourth-order valence-electron chi connectivity index (χ4n) is 3.65. The monoisotopic (exact) mass is 562 g/mol. The molecule has 0 fully saturated rings. The lowest BCUT2D eigenvalue weighted by Crippen LogP contribution is -2.36. The standard InChI is InChI=1S/C30H27F5O5/c1-20-16-21(2)18-23(17-20)19-39-27(36)13-6-22-4-9-26(10-5-22)40-28(37)24-7-11-25(12-8-24)38-15-3-14-29(31,32)30(33,34)35/h4-13,16-18H,3,14-15,19H2,1-2H3/b13-6+. The molecule has 0 aromatic heterocycles. The molecule has 3 aromatic carbocycles. The maximum Gasteiger partial charge on any atom is 0.453 e. The van der Waals surface area contributed by atoms with Crippen molar-refractivity contribution in [3.05, 3.63) is 101 Å². The SMILES string of the molecule is Cc1cc(C)cc(COC(=O)/C=C/c2ccc(OC(=O)c3ccc(OCCCC(F)(F)C(F)(F)F)cc3)cc2)c1. The van der Waals surface area contributed by atoms with Crippen LogP contribution in [-0.4, -0.2) is 30.6 Å². The van der Waals surface area contributed by atoms with Crippen LogP contribution in [0, 0.1) is 13.8 Å². The quantitative estimate of drug-likeness (QED) is 0.0791. The Balaban J connectivity index is 1.44. The van der Waals surface area contributed by atoms with Gasteiger partial charge in [-0.25, -0.2) is 9.59 Å². The molecule has 0 amide bonds. The zero-order valence-electron chi connectivity index (χ0n) is 21.8. The van der Waals surface area contributed by atoms with Crippen molar-refractivity contribution < 1.29 is 45.8 Å². The average molecular weight is 563 g/mol. The van der Waals surface area contributed by atoms with E-state index in [1.807, 2.05) is 32.0 Å². The summed E-state index contributed by atoms with van der Waals surface area (Å²) in [7, 11) is 0. The second kappa shape index (κ2) is 13.2. The minimum absolute atomic E-state index is 0.161. The van der Waals surface area contributed by atoms with Gasteiger partial charge in [0.1, 0.15) is 18.1 Å². The van der Waals surface area contributed by atoms with E-state index >= 15 is 0 Å². The number of esters is 2. The van der Waals surface area contributed by atoms with Gasteiger partial charge in [0.05, 0.1) is 12.2 Å². The van der Waals surface area contributed by atoms with Crippen molar-refractivity contribution in [2.24, 2.45) is 0 Å². The highest BCUT2D eigenvalue weighted by molar-refractivity contribution is 5.91. The van der Waals surface area contributed by atoms with E-state index < -0.39 is 36.9 Å². The van der Waals surface area contributed by atoms with Crippen molar-refractivity contribution in [1.29, 1.82) is 0 Å². The van der Waals surface area contributed by atoms with Crippen molar-refractivity contribution in [1.82, 2.24) is 0 Å². The molecular weight excluding hydrogens is 535 g/mol. The predicted molar refractivity (Wildman–Crippen MR) is 138 cm³/mol. The number of ether oxygens (including phenoxy) is 3. The number of aryl methyl sites for hydroxylation is 2. The lowest BCUT2D eigenvalue weighted by atomic mass is 10.1. The number of benzene rings is 3. The van der Waals surface area contributed by atoms with E-state index in [-0.39, 0.29) is 30.3 Å². The van der Waals surface area contributed by atoms with Crippen molar-refractivity contribution in [3.63, 3.8) is 0 Å². The first-order valence-corrected chi connectivity index (χ1v) is 12.2. The number of alkyl halides is 5. The van der Waals surface area contributed by atoms with Crippen molar-refractivity contribution in [2.75, 3.05) is 6.61 Å². The third-order valence-electron chi connectivity index (χ3n) is 5.57. The van der Waals surface area contributed by atoms with E-state index in [9.17, 15) is 31.5 Å². The van der Waals surface area contributed by atoms with Crippen LogP contribution in [0.25, 0.3) is 6.08 Å². The topological polar surface area (TPSA) is 61.8 Å². The van der Waals surface area contributed by atoms with Crippen LogP contribution in [0.15, 0.2) is 72.8 Å². The first-order valence-electron chi connectivity index (χ1n) is 12.2. The van der Waals surface area contributed by atoms with Crippen LogP contribution in [0.1, 0.15) is 45.5 Å². The first kappa shape index (κ1) is 30.3. The molecule has 10 heteroatoms. The Labute approximate surface area is 228 Å². The number of carbonyl (C=O) groups excluding carboxylic acids is 2. The predicted octanol–water partition coefficient (Wildman–Crippen LogP) is 7.64. The van der Waals surface area contributed by atoms with Gasteiger partial charge in [0.25, 0.3) is 0 Å². The normalized spacial score (nSPS) is 11.9. The van der Waals surface area contributed by atoms with Crippen LogP contribution in [0.4, 0.5) is 22.0 Å². The number of hydrogen-bond donors (Lipinski definition) is 0. The molecule has 0 unspecified atom stereocenters. The molecule has 0 spiro atoms. The maximum absolute atomic E-state index is 12.9. The molecule has 3 aromatic rings. The van der Waals surface area contributed by atoms with Crippen LogP contribution in [0.2, 0.25) is 0 Å². The summed E-state index contributed by atoms with van der Waals surface area (Å²) in [6.07, 6.45) is -4.61. The molecule has 0 radical (unpaired) electrons.